The van der Waals surface area contributed by atoms with E-state index in [1.807, 2.05) is 0 Å². The van der Waals surface area contributed by atoms with Gasteiger partial charge in [-0.3, -0.25) is 0 Å². The highest BCUT2D eigenvalue weighted by molar-refractivity contribution is 5.89. The average Bonchev–Trinajstić information content (AvgIpc) is 3.12. The number of rotatable bonds is 5. The minimum absolute atomic E-state index is 0.270. The topological polar surface area (TPSA) is 155 Å². The molecule has 0 amide bonds. The van der Waals surface area contributed by atoms with Gasteiger partial charge < -0.3 is 44.5 Å². The Balaban J connectivity index is 1.80. The van der Waals surface area contributed by atoms with Crippen LogP contribution in [0.15, 0.2) is 23.5 Å². The monoisotopic (exact) mass is 388 g/mol. The molecular weight excluding hydrogens is 364 g/mol. The summed E-state index contributed by atoms with van der Waals surface area (Å²) in [5, 5.41) is 48.8. The van der Waals surface area contributed by atoms with Gasteiger partial charge >= 0.3 is 5.97 Å². The van der Waals surface area contributed by atoms with Gasteiger partial charge in [0.2, 0.25) is 6.29 Å². The molecule has 8 atom stereocenters. The average molecular weight is 388 g/mol. The molecule has 2 aliphatic heterocycles. The zero-order valence-electron chi connectivity index (χ0n) is 14.7. The molecule has 3 aliphatic rings. The van der Waals surface area contributed by atoms with Gasteiger partial charge in [-0.1, -0.05) is 6.08 Å². The highest BCUT2D eigenvalue weighted by Crippen LogP contribution is 2.44. The molecule has 10 heteroatoms. The maximum Gasteiger partial charge on any atom is 0.337 e. The zero-order chi connectivity index (χ0) is 19.7. The van der Waals surface area contributed by atoms with E-state index in [0.717, 1.165) is 0 Å². The lowest BCUT2D eigenvalue weighted by Gasteiger charge is -2.42. The summed E-state index contributed by atoms with van der Waals surface area (Å²) in [5.74, 6) is -1.42. The highest BCUT2D eigenvalue weighted by Gasteiger charge is 2.49. The molecule has 0 aromatic rings. The number of carbonyl (C=O) groups is 1. The fraction of sp³-hybridized carbons (Fsp3) is 0.706. The fourth-order valence-electron chi connectivity index (χ4n) is 3.73. The normalized spacial score (nSPS) is 41.3. The summed E-state index contributed by atoms with van der Waals surface area (Å²) in [7, 11) is 1.25. The highest BCUT2D eigenvalue weighted by atomic mass is 16.8. The van der Waals surface area contributed by atoms with Crippen molar-refractivity contribution in [1.29, 1.82) is 0 Å². The van der Waals surface area contributed by atoms with Gasteiger partial charge in [-0.2, -0.15) is 0 Å². The van der Waals surface area contributed by atoms with E-state index in [1.54, 1.807) is 6.08 Å². The van der Waals surface area contributed by atoms with Crippen molar-refractivity contribution >= 4 is 5.97 Å². The summed E-state index contributed by atoms with van der Waals surface area (Å²) >= 11 is 0. The molecule has 152 valence electrons. The van der Waals surface area contributed by atoms with Crippen LogP contribution in [0.5, 0.6) is 0 Å². The number of allylic oxidation sites excluding steroid dienone is 1. The Morgan fingerprint density at radius 3 is 2.56 bits per heavy atom. The Bertz CT molecular complexity index is 615. The van der Waals surface area contributed by atoms with Crippen LogP contribution in [0.1, 0.15) is 6.42 Å². The molecule has 0 aromatic heterocycles. The largest absolute Gasteiger partial charge is 0.471 e. The van der Waals surface area contributed by atoms with Gasteiger partial charge in [0.25, 0.3) is 0 Å². The minimum atomic E-state index is -1.59. The summed E-state index contributed by atoms with van der Waals surface area (Å²) in [6.07, 6.45) is -4.73. The molecular formula is C17H24O10. The SMILES string of the molecule is COC(=O)C1=CO[C@@H](O[C@H]2O[C@@H](CO)[C@H](O)[C@@H](O)[C@@H]2O)[C@H]2C(CO)=CC[C@@H]12. The molecule has 0 unspecified atom stereocenters. The number of hydrogen-bond donors (Lipinski definition) is 5. The maximum absolute atomic E-state index is 12.0. The Morgan fingerprint density at radius 2 is 1.93 bits per heavy atom. The van der Waals surface area contributed by atoms with Crippen LogP contribution in [0.4, 0.5) is 0 Å². The van der Waals surface area contributed by atoms with Crippen molar-refractivity contribution in [3.05, 3.63) is 23.5 Å². The zero-order valence-corrected chi connectivity index (χ0v) is 14.7. The molecule has 0 aromatic carbocycles. The molecule has 0 saturated carbocycles. The molecule has 0 bridgehead atoms. The Morgan fingerprint density at radius 1 is 1.19 bits per heavy atom. The number of fused-ring (bicyclic) bond motifs is 1. The van der Waals surface area contributed by atoms with Crippen molar-refractivity contribution in [3.63, 3.8) is 0 Å². The number of aliphatic hydroxyl groups is 5. The number of aliphatic hydroxyl groups excluding tert-OH is 5. The fourth-order valence-corrected chi connectivity index (χ4v) is 3.73. The summed E-state index contributed by atoms with van der Waals surface area (Å²) in [5.41, 5.74) is 0.903. The minimum Gasteiger partial charge on any atom is -0.471 e. The van der Waals surface area contributed by atoms with E-state index in [0.29, 0.717) is 17.6 Å². The van der Waals surface area contributed by atoms with E-state index < -0.39 is 55.5 Å². The number of carbonyl (C=O) groups excluding carboxylic acids is 1. The summed E-state index contributed by atoms with van der Waals surface area (Å²) in [6, 6.07) is 0. The number of ether oxygens (including phenoxy) is 4. The second kappa shape index (κ2) is 8.23. The van der Waals surface area contributed by atoms with E-state index in [1.165, 1.54) is 13.4 Å². The third kappa shape index (κ3) is 3.61. The lowest BCUT2D eigenvalue weighted by molar-refractivity contribution is -0.339. The van der Waals surface area contributed by atoms with Gasteiger partial charge in [-0.05, 0) is 12.0 Å². The predicted octanol–water partition coefficient (Wildman–Crippen LogP) is -2.23. The molecule has 27 heavy (non-hydrogen) atoms. The van der Waals surface area contributed by atoms with Gasteiger partial charge in [0.15, 0.2) is 6.29 Å². The first kappa shape index (κ1) is 20.2. The van der Waals surface area contributed by atoms with Gasteiger partial charge in [0.1, 0.15) is 24.4 Å². The van der Waals surface area contributed by atoms with Crippen molar-refractivity contribution in [2.45, 2.75) is 43.4 Å². The van der Waals surface area contributed by atoms with Crippen LogP contribution in [0.2, 0.25) is 0 Å². The second-order valence-corrected chi connectivity index (χ2v) is 6.71. The van der Waals surface area contributed by atoms with Gasteiger partial charge in [0, 0.05) is 5.92 Å². The quantitative estimate of drug-likeness (QED) is 0.258. The molecule has 1 fully saturated rings. The molecule has 1 aliphatic carbocycles. The molecule has 1 saturated heterocycles. The van der Waals surface area contributed by atoms with E-state index in [9.17, 15) is 30.3 Å². The van der Waals surface area contributed by atoms with Crippen LogP contribution in [0, 0.1) is 11.8 Å². The number of hydrogen-bond acceptors (Lipinski definition) is 10. The van der Waals surface area contributed by atoms with Gasteiger partial charge in [-0.25, -0.2) is 4.79 Å². The number of esters is 1. The van der Waals surface area contributed by atoms with Crippen molar-refractivity contribution < 1.29 is 49.3 Å². The van der Waals surface area contributed by atoms with E-state index in [2.05, 4.69) is 0 Å². The van der Waals surface area contributed by atoms with E-state index in [4.69, 9.17) is 18.9 Å². The van der Waals surface area contributed by atoms with Crippen LogP contribution in [-0.2, 0) is 23.7 Å². The summed E-state index contributed by atoms with van der Waals surface area (Å²) in [4.78, 5) is 12.0. The van der Waals surface area contributed by atoms with Gasteiger partial charge in [-0.15, -0.1) is 0 Å². The standard InChI is InChI=1S/C17H24O10/c1-24-15(23)9-6-25-16(11-7(4-18)2-3-8(9)11)27-17-14(22)13(21)12(20)10(5-19)26-17/h2,6,8,10-14,16-22H,3-5H2,1H3/t8-,10-,11-,12-,13+,14-,16-,17+/m0/s1. The molecule has 10 nitrogen and oxygen atoms in total. The Labute approximate surface area is 155 Å². The third-order valence-electron chi connectivity index (χ3n) is 5.24. The first-order valence-corrected chi connectivity index (χ1v) is 8.62. The Kier molecular flexibility index (Phi) is 6.16. The maximum atomic E-state index is 12.0. The molecule has 2 heterocycles. The second-order valence-electron chi connectivity index (χ2n) is 6.71. The van der Waals surface area contributed by atoms with E-state index >= 15 is 0 Å². The first-order chi connectivity index (χ1) is 12.9. The van der Waals surface area contributed by atoms with Crippen molar-refractivity contribution in [3.8, 4) is 0 Å². The van der Waals surface area contributed by atoms with Crippen LogP contribution < -0.4 is 0 Å². The molecule has 0 radical (unpaired) electrons. The van der Waals surface area contributed by atoms with E-state index in [-0.39, 0.29) is 12.5 Å². The lowest BCUT2D eigenvalue weighted by Crippen LogP contribution is -2.60. The van der Waals surface area contributed by atoms with Gasteiger partial charge in [0.05, 0.1) is 38.1 Å². The summed E-state index contributed by atoms with van der Waals surface area (Å²) < 4.78 is 21.3. The third-order valence-corrected chi connectivity index (χ3v) is 5.24. The molecule has 3 rings (SSSR count). The molecule has 5 N–H and O–H groups in total. The number of methoxy groups -OCH3 is 1. The van der Waals surface area contributed by atoms with Crippen molar-refractivity contribution in [2.75, 3.05) is 20.3 Å². The smallest absolute Gasteiger partial charge is 0.337 e. The van der Waals surface area contributed by atoms with Crippen LogP contribution >= 0.6 is 0 Å². The van der Waals surface area contributed by atoms with Crippen molar-refractivity contribution in [2.24, 2.45) is 11.8 Å². The van der Waals surface area contributed by atoms with Crippen LogP contribution in [-0.4, -0.2) is 88.8 Å². The summed E-state index contributed by atoms with van der Waals surface area (Å²) in [6.45, 7) is -0.857. The van der Waals surface area contributed by atoms with Crippen molar-refractivity contribution in [1.82, 2.24) is 0 Å². The molecule has 0 spiro atoms. The first-order valence-electron chi connectivity index (χ1n) is 8.62. The Hall–Kier alpha value is -1.53. The van der Waals surface area contributed by atoms with Crippen LogP contribution in [0.25, 0.3) is 0 Å². The predicted molar refractivity (Wildman–Crippen MR) is 86.6 cm³/mol. The van der Waals surface area contributed by atoms with Crippen LogP contribution in [0.3, 0.4) is 0 Å². The lowest BCUT2D eigenvalue weighted by atomic mass is 9.83.